The molecule has 0 aliphatic heterocycles. The van der Waals surface area contributed by atoms with Crippen LogP contribution in [0.15, 0.2) is 15.9 Å². The van der Waals surface area contributed by atoms with Gasteiger partial charge >= 0.3 is 5.69 Å². The lowest BCUT2D eigenvalue weighted by Gasteiger charge is -2.11. The molecule has 0 atom stereocenters. The maximum atomic E-state index is 12.6. The fraction of sp³-hybridized carbons (Fsp3) is 0.643. The van der Waals surface area contributed by atoms with Gasteiger partial charge in [-0.1, -0.05) is 13.3 Å². The Morgan fingerprint density at radius 1 is 1.14 bits per heavy atom. The predicted molar refractivity (Wildman–Crippen MR) is 82.5 cm³/mol. The van der Waals surface area contributed by atoms with Gasteiger partial charge in [-0.3, -0.25) is 13.9 Å². The van der Waals surface area contributed by atoms with Gasteiger partial charge in [0.1, 0.15) is 0 Å². The van der Waals surface area contributed by atoms with E-state index in [-0.39, 0.29) is 11.2 Å². The van der Waals surface area contributed by atoms with E-state index in [0.29, 0.717) is 43.8 Å². The molecule has 7 nitrogen and oxygen atoms in total. The number of hydrogen-bond donors (Lipinski definition) is 1. The molecule has 0 unspecified atom stereocenters. The number of rotatable bonds is 7. The van der Waals surface area contributed by atoms with Crippen LogP contribution in [0.2, 0.25) is 0 Å². The van der Waals surface area contributed by atoms with Crippen LogP contribution < -0.4 is 17.0 Å². The monoisotopic (exact) mass is 293 g/mol. The number of hydrogen-bond acceptors (Lipinski definition) is 4. The highest BCUT2D eigenvalue weighted by Gasteiger charge is 2.16. The van der Waals surface area contributed by atoms with Crippen LogP contribution in [-0.2, 0) is 19.6 Å². The Labute approximate surface area is 123 Å². The van der Waals surface area contributed by atoms with Gasteiger partial charge in [-0.2, -0.15) is 0 Å². The molecular formula is C14H23N5O2. The fourth-order valence-electron chi connectivity index (χ4n) is 2.44. The molecule has 0 aliphatic rings. The van der Waals surface area contributed by atoms with Gasteiger partial charge in [0.15, 0.2) is 11.2 Å². The van der Waals surface area contributed by atoms with Crippen molar-refractivity contribution in [2.75, 3.05) is 6.54 Å². The number of fused-ring (bicyclic) bond motifs is 1. The highest BCUT2D eigenvalue weighted by molar-refractivity contribution is 5.70. The van der Waals surface area contributed by atoms with Gasteiger partial charge < -0.3 is 10.3 Å². The van der Waals surface area contributed by atoms with Crippen molar-refractivity contribution in [1.82, 2.24) is 18.7 Å². The first-order chi connectivity index (χ1) is 10.2. The average molecular weight is 293 g/mol. The van der Waals surface area contributed by atoms with E-state index >= 15 is 0 Å². The molecule has 2 heterocycles. The summed E-state index contributed by atoms with van der Waals surface area (Å²) < 4.78 is 4.69. The Bertz CT molecular complexity index is 725. The van der Waals surface area contributed by atoms with E-state index in [0.717, 1.165) is 12.8 Å². The first-order valence-corrected chi connectivity index (χ1v) is 7.54. The molecule has 0 aliphatic carbocycles. The lowest BCUT2D eigenvalue weighted by molar-refractivity contribution is 0.535. The Balaban J connectivity index is 2.71. The molecule has 0 radical (unpaired) electrons. The van der Waals surface area contributed by atoms with E-state index in [2.05, 4.69) is 11.9 Å². The second-order valence-electron chi connectivity index (χ2n) is 5.09. The molecule has 116 valence electrons. The fourth-order valence-corrected chi connectivity index (χ4v) is 2.44. The van der Waals surface area contributed by atoms with Crippen molar-refractivity contribution in [3.63, 3.8) is 0 Å². The summed E-state index contributed by atoms with van der Waals surface area (Å²) in [7, 11) is 0. The zero-order chi connectivity index (χ0) is 15.4. The van der Waals surface area contributed by atoms with Crippen LogP contribution in [0, 0.1) is 0 Å². The molecule has 2 rings (SSSR count). The first-order valence-electron chi connectivity index (χ1n) is 7.54. The van der Waals surface area contributed by atoms with Crippen LogP contribution >= 0.6 is 0 Å². The number of nitrogens with two attached hydrogens (primary N) is 1. The third-order valence-electron chi connectivity index (χ3n) is 3.65. The Morgan fingerprint density at radius 3 is 2.48 bits per heavy atom. The molecule has 0 amide bonds. The van der Waals surface area contributed by atoms with Gasteiger partial charge in [0.25, 0.3) is 5.56 Å². The third kappa shape index (κ3) is 2.78. The Hall–Kier alpha value is -1.89. The van der Waals surface area contributed by atoms with Crippen LogP contribution in [-0.4, -0.2) is 25.2 Å². The number of unbranched alkanes of at least 4 members (excludes halogenated alkanes) is 1. The summed E-state index contributed by atoms with van der Waals surface area (Å²) in [5.41, 5.74) is 5.95. The van der Waals surface area contributed by atoms with Crippen LogP contribution in [0.4, 0.5) is 0 Å². The third-order valence-corrected chi connectivity index (χ3v) is 3.65. The van der Waals surface area contributed by atoms with Gasteiger partial charge in [0.2, 0.25) is 0 Å². The zero-order valence-corrected chi connectivity index (χ0v) is 12.7. The van der Waals surface area contributed by atoms with Crippen LogP contribution in [0.5, 0.6) is 0 Å². The lowest BCUT2D eigenvalue weighted by atomic mass is 10.3. The van der Waals surface area contributed by atoms with Gasteiger partial charge in [-0.25, -0.2) is 9.78 Å². The van der Waals surface area contributed by atoms with Gasteiger partial charge in [-0.15, -0.1) is 0 Å². The van der Waals surface area contributed by atoms with Crippen LogP contribution in [0.1, 0.15) is 33.1 Å². The minimum Gasteiger partial charge on any atom is -0.330 e. The number of aryl methyl sites for hydroxylation is 2. The van der Waals surface area contributed by atoms with E-state index in [4.69, 9.17) is 5.73 Å². The van der Waals surface area contributed by atoms with Crippen molar-refractivity contribution < 1.29 is 0 Å². The second-order valence-corrected chi connectivity index (χ2v) is 5.09. The predicted octanol–water partition coefficient (Wildman–Crippen LogP) is 0.528. The summed E-state index contributed by atoms with van der Waals surface area (Å²) in [6, 6.07) is 0. The quantitative estimate of drug-likeness (QED) is 0.806. The van der Waals surface area contributed by atoms with E-state index in [9.17, 15) is 9.59 Å². The van der Waals surface area contributed by atoms with E-state index in [1.54, 1.807) is 15.5 Å². The SMILES string of the molecule is CCCCn1c(=O)n(CCCN)c(=O)c2c1ncn2CC. The molecular weight excluding hydrogens is 270 g/mol. The van der Waals surface area contributed by atoms with Gasteiger partial charge in [-0.05, 0) is 26.3 Å². The van der Waals surface area contributed by atoms with E-state index in [1.807, 2.05) is 6.92 Å². The molecule has 0 spiro atoms. The molecule has 0 bridgehead atoms. The Kier molecular flexibility index (Phi) is 4.95. The smallest absolute Gasteiger partial charge is 0.330 e. The highest BCUT2D eigenvalue weighted by Crippen LogP contribution is 2.07. The minimum atomic E-state index is -0.282. The van der Waals surface area contributed by atoms with E-state index < -0.39 is 0 Å². The molecule has 0 aromatic carbocycles. The second kappa shape index (κ2) is 6.71. The number of aromatic nitrogens is 4. The van der Waals surface area contributed by atoms with Crippen molar-refractivity contribution in [3.05, 3.63) is 27.2 Å². The summed E-state index contributed by atoms with van der Waals surface area (Å²) in [4.78, 5) is 29.4. The molecule has 2 aromatic rings. The normalized spacial score (nSPS) is 11.4. The van der Waals surface area contributed by atoms with Crippen molar-refractivity contribution in [2.45, 2.75) is 52.7 Å². The number of imidazole rings is 1. The molecule has 2 N–H and O–H groups in total. The Morgan fingerprint density at radius 2 is 1.86 bits per heavy atom. The molecule has 21 heavy (non-hydrogen) atoms. The average Bonchev–Trinajstić information content (AvgIpc) is 2.91. The number of nitrogens with zero attached hydrogens (tertiary/aromatic N) is 4. The molecule has 2 aromatic heterocycles. The van der Waals surface area contributed by atoms with Crippen molar-refractivity contribution in [2.24, 2.45) is 5.73 Å². The first kappa shape index (κ1) is 15.5. The summed E-state index contributed by atoms with van der Waals surface area (Å²) in [5, 5.41) is 0. The summed E-state index contributed by atoms with van der Waals surface area (Å²) >= 11 is 0. The summed E-state index contributed by atoms with van der Waals surface area (Å²) in [6.07, 6.45) is 4.09. The van der Waals surface area contributed by atoms with E-state index in [1.165, 1.54) is 4.57 Å². The minimum absolute atomic E-state index is 0.268. The zero-order valence-electron chi connectivity index (χ0n) is 12.7. The topological polar surface area (TPSA) is 87.8 Å². The lowest BCUT2D eigenvalue weighted by Crippen LogP contribution is -2.41. The van der Waals surface area contributed by atoms with Crippen molar-refractivity contribution in [1.29, 1.82) is 0 Å². The summed E-state index contributed by atoms with van der Waals surface area (Å²) in [5.74, 6) is 0. The van der Waals surface area contributed by atoms with Gasteiger partial charge in [0.05, 0.1) is 6.33 Å². The van der Waals surface area contributed by atoms with Crippen LogP contribution in [0.3, 0.4) is 0 Å². The van der Waals surface area contributed by atoms with Crippen LogP contribution in [0.25, 0.3) is 11.2 Å². The standard InChI is InChI=1S/C14H23N5O2/c1-3-5-8-18-12-11(17(4-2)10-16-12)13(20)19(14(18)21)9-6-7-15/h10H,3-9,15H2,1-2H3. The van der Waals surface area contributed by atoms with Crippen molar-refractivity contribution in [3.8, 4) is 0 Å². The largest absolute Gasteiger partial charge is 0.332 e. The maximum absolute atomic E-state index is 12.6. The molecule has 0 saturated carbocycles. The van der Waals surface area contributed by atoms with Gasteiger partial charge in [0, 0.05) is 19.6 Å². The molecule has 0 fully saturated rings. The molecule has 7 heteroatoms. The van der Waals surface area contributed by atoms with Crippen molar-refractivity contribution >= 4 is 11.2 Å². The molecule has 0 saturated heterocycles. The summed E-state index contributed by atoms with van der Waals surface area (Å²) in [6.45, 7) is 6.05. The highest BCUT2D eigenvalue weighted by atomic mass is 16.2. The maximum Gasteiger partial charge on any atom is 0.332 e.